The first-order valence-electron chi connectivity index (χ1n) is 7.18. The lowest BCUT2D eigenvalue weighted by molar-refractivity contribution is 1.31. The lowest BCUT2D eigenvalue weighted by atomic mass is 10.0. The van der Waals surface area contributed by atoms with Gasteiger partial charge in [-0.2, -0.15) is 0 Å². The first kappa shape index (κ1) is 13.7. The van der Waals surface area contributed by atoms with Crippen molar-refractivity contribution in [2.75, 3.05) is 11.5 Å². The third-order valence-corrected chi connectivity index (χ3v) is 4.57. The molecule has 4 nitrogen and oxygen atoms in total. The van der Waals surface area contributed by atoms with Crippen LogP contribution in [0.3, 0.4) is 0 Å². The minimum atomic E-state index is 0.453. The Kier molecular flexibility index (Phi) is 3.20. The van der Waals surface area contributed by atoms with Crippen LogP contribution >= 0.6 is 11.3 Å². The normalized spacial score (nSPS) is 11.0. The van der Waals surface area contributed by atoms with E-state index in [1.54, 1.807) is 11.3 Å². The summed E-state index contributed by atoms with van der Waals surface area (Å²) in [5, 5.41) is 2.01. The molecule has 0 aliphatic heterocycles. The topological polar surface area (TPSA) is 77.8 Å². The standard InChI is InChI=1S/C18H14N4S/c19-12-8-6-11(7-9-12)13-3-1-4-14-16(13)22-17(18(20)21-14)15-5-2-10-23-15/h1-10H,19H2,(H2,20,21). The predicted octanol–water partition coefficient (Wildman–Crippen LogP) is 4.19. The van der Waals surface area contributed by atoms with Crippen LogP contribution in [-0.2, 0) is 0 Å². The van der Waals surface area contributed by atoms with Gasteiger partial charge in [-0.1, -0.05) is 30.3 Å². The van der Waals surface area contributed by atoms with Gasteiger partial charge < -0.3 is 11.5 Å². The minimum absolute atomic E-state index is 0.453. The molecule has 2 heterocycles. The van der Waals surface area contributed by atoms with Gasteiger partial charge in [0.2, 0.25) is 0 Å². The summed E-state index contributed by atoms with van der Waals surface area (Å²) in [4.78, 5) is 10.4. The molecule has 0 spiro atoms. The van der Waals surface area contributed by atoms with Crippen molar-refractivity contribution in [1.29, 1.82) is 0 Å². The van der Waals surface area contributed by atoms with E-state index in [9.17, 15) is 0 Å². The van der Waals surface area contributed by atoms with Gasteiger partial charge in [-0.15, -0.1) is 11.3 Å². The fraction of sp³-hybridized carbons (Fsp3) is 0. The Bertz CT molecular complexity index is 976. The molecule has 0 bridgehead atoms. The number of rotatable bonds is 2. The maximum atomic E-state index is 6.10. The van der Waals surface area contributed by atoms with Crippen molar-refractivity contribution in [2.24, 2.45) is 0 Å². The van der Waals surface area contributed by atoms with Gasteiger partial charge >= 0.3 is 0 Å². The van der Waals surface area contributed by atoms with Gasteiger partial charge in [-0.25, -0.2) is 9.97 Å². The van der Waals surface area contributed by atoms with Gasteiger partial charge in [0, 0.05) is 11.3 Å². The molecule has 4 rings (SSSR count). The molecular formula is C18H14N4S. The Hall–Kier alpha value is -2.92. The number of nitrogens with zero attached hydrogens (tertiary/aromatic N) is 2. The van der Waals surface area contributed by atoms with Crippen LogP contribution in [0.4, 0.5) is 11.5 Å². The van der Waals surface area contributed by atoms with E-state index in [4.69, 9.17) is 16.5 Å². The number of para-hydroxylation sites is 1. The zero-order valence-corrected chi connectivity index (χ0v) is 13.0. The first-order valence-corrected chi connectivity index (χ1v) is 8.06. The molecule has 2 aromatic carbocycles. The van der Waals surface area contributed by atoms with Gasteiger partial charge in [0.25, 0.3) is 0 Å². The van der Waals surface area contributed by atoms with Crippen molar-refractivity contribution in [3.8, 4) is 21.7 Å². The largest absolute Gasteiger partial charge is 0.399 e. The number of nitrogens with two attached hydrogens (primary N) is 2. The molecule has 0 atom stereocenters. The molecule has 5 heteroatoms. The van der Waals surface area contributed by atoms with Gasteiger partial charge in [-0.05, 0) is 35.2 Å². The Morgan fingerprint density at radius 3 is 2.39 bits per heavy atom. The predicted molar refractivity (Wildman–Crippen MR) is 97.1 cm³/mol. The smallest absolute Gasteiger partial charge is 0.151 e. The van der Waals surface area contributed by atoms with Crippen LogP contribution in [0.15, 0.2) is 60.0 Å². The van der Waals surface area contributed by atoms with Gasteiger partial charge in [-0.3, -0.25) is 0 Å². The molecule has 4 N–H and O–H groups in total. The van der Waals surface area contributed by atoms with Crippen molar-refractivity contribution >= 4 is 33.9 Å². The van der Waals surface area contributed by atoms with Crippen molar-refractivity contribution < 1.29 is 0 Å². The van der Waals surface area contributed by atoms with Gasteiger partial charge in [0.15, 0.2) is 5.82 Å². The molecule has 2 aromatic heterocycles. The number of hydrogen-bond acceptors (Lipinski definition) is 5. The van der Waals surface area contributed by atoms with Crippen molar-refractivity contribution in [3.05, 3.63) is 60.0 Å². The number of anilines is 2. The van der Waals surface area contributed by atoms with Crippen molar-refractivity contribution in [1.82, 2.24) is 9.97 Å². The van der Waals surface area contributed by atoms with E-state index in [1.807, 2.05) is 60.0 Å². The van der Waals surface area contributed by atoms with Crippen LogP contribution in [0.25, 0.3) is 32.7 Å². The summed E-state index contributed by atoms with van der Waals surface area (Å²) in [5.74, 6) is 0.453. The molecule has 0 saturated heterocycles. The average molecular weight is 318 g/mol. The minimum Gasteiger partial charge on any atom is -0.399 e. The summed E-state index contributed by atoms with van der Waals surface area (Å²) >= 11 is 1.60. The monoisotopic (exact) mass is 318 g/mol. The van der Waals surface area contributed by atoms with Crippen LogP contribution in [-0.4, -0.2) is 9.97 Å². The number of aromatic nitrogens is 2. The molecule has 4 aromatic rings. The Morgan fingerprint density at radius 1 is 0.826 bits per heavy atom. The summed E-state index contributed by atoms with van der Waals surface area (Å²) in [6.45, 7) is 0. The van der Waals surface area contributed by atoms with E-state index >= 15 is 0 Å². The molecular weight excluding hydrogens is 304 g/mol. The molecule has 0 fully saturated rings. The van der Waals surface area contributed by atoms with Crippen LogP contribution in [0.5, 0.6) is 0 Å². The third-order valence-electron chi connectivity index (χ3n) is 3.70. The lowest BCUT2D eigenvalue weighted by Crippen LogP contribution is -1.98. The fourth-order valence-electron chi connectivity index (χ4n) is 2.58. The number of fused-ring (bicyclic) bond motifs is 1. The second-order valence-corrected chi connectivity index (χ2v) is 6.18. The number of nitrogen functional groups attached to an aromatic ring is 2. The number of hydrogen-bond donors (Lipinski definition) is 2. The highest BCUT2D eigenvalue weighted by molar-refractivity contribution is 7.13. The molecule has 0 saturated carbocycles. The van der Waals surface area contributed by atoms with E-state index in [0.717, 1.165) is 38.4 Å². The molecule has 0 unspecified atom stereocenters. The highest BCUT2D eigenvalue weighted by atomic mass is 32.1. The molecule has 0 aliphatic carbocycles. The van der Waals surface area contributed by atoms with E-state index in [-0.39, 0.29) is 0 Å². The summed E-state index contributed by atoms with van der Waals surface area (Å²) in [6, 6.07) is 17.7. The van der Waals surface area contributed by atoms with E-state index < -0.39 is 0 Å². The summed E-state index contributed by atoms with van der Waals surface area (Å²) < 4.78 is 0. The molecule has 0 aliphatic rings. The molecule has 0 radical (unpaired) electrons. The van der Waals surface area contributed by atoms with Crippen LogP contribution < -0.4 is 11.5 Å². The van der Waals surface area contributed by atoms with Crippen LogP contribution in [0.1, 0.15) is 0 Å². The van der Waals surface area contributed by atoms with E-state index in [0.29, 0.717) is 5.82 Å². The Morgan fingerprint density at radius 2 is 1.65 bits per heavy atom. The molecule has 112 valence electrons. The van der Waals surface area contributed by atoms with E-state index in [1.165, 1.54) is 0 Å². The first-order chi connectivity index (χ1) is 11.2. The van der Waals surface area contributed by atoms with Gasteiger partial charge in [0.05, 0.1) is 15.9 Å². The van der Waals surface area contributed by atoms with E-state index in [2.05, 4.69) is 4.98 Å². The fourth-order valence-corrected chi connectivity index (χ4v) is 3.30. The second kappa shape index (κ2) is 5.37. The third kappa shape index (κ3) is 2.41. The van der Waals surface area contributed by atoms with Crippen molar-refractivity contribution in [2.45, 2.75) is 0 Å². The lowest BCUT2D eigenvalue weighted by Gasteiger charge is -2.09. The zero-order chi connectivity index (χ0) is 15.8. The SMILES string of the molecule is Nc1ccc(-c2cccc3nc(N)c(-c4cccs4)nc23)cc1. The molecule has 23 heavy (non-hydrogen) atoms. The average Bonchev–Trinajstić information content (AvgIpc) is 3.08. The molecule has 0 amide bonds. The van der Waals surface area contributed by atoms with Crippen LogP contribution in [0.2, 0.25) is 0 Å². The summed E-state index contributed by atoms with van der Waals surface area (Å²) in [6.07, 6.45) is 0. The van der Waals surface area contributed by atoms with Crippen molar-refractivity contribution in [3.63, 3.8) is 0 Å². The number of benzene rings is 2. The second-order valence-electron chi connectivity index (χ2n) is 5.23. The highest BCUT2D eigenvalue weighted by Gasteiger charge is 2.12. The maximum Gasteiger partial charge on any atom is 0.151 e. The zero-order valence-electron chi connectivity index (χ0n) is 12.2. The summed E-state index contributed by atoms with van der Waals surface area (Å²) in [5.41, 5.74) is 17.1. The summed E-state index contributed by atoms with van der Waals surface area (Å²) in [7, 11) is 0. The Labute approximate surface area is 137 Å². The van der Waals surface area contributed by atoms with Gasteiger partial charge in [0.1, 0.15) is 5.69 Å². The van der Waals surface area contributed by atoms with Crippen LogP contribution in [0, 0.1) is 0 Å². The number of thiophene rings is 1. The quantitative estimate of drug-likeness (QED) is 0.543. The highest BCUT2D eigenvalue weighted by Crippen LogP contribution is 2.32. The Balaban J connectivity index is 1.98. The maximum absolute atomic E-state index is 6.10.